The van der Waals surface area contributed by atoms with Crippen LogP contribution in [0.2, 0.25) is 0 Å². The fourth-order valence-electron chi connectivity index (χ4n) is 1.98. The highest BCUT2D eigenvalue weighted by Gasteiger charge is 2.20. The molecular formula is C15H15FN2O2. The van der Waals surface area contributed by atoms with Crippen molar-refractivity contribution in [1.82, 2.24) is 9.97 Å². The van der Waals surface area contributed by atoms with Gasteiger partial charge < -0.3 is 4.74 Å². The highest BCUT2D eigenvalue weighted by molar-refractivity contribution is 5.97. The van der Waals surface area contributed by atoms with Gasteiger partial charge >= 0.3 is 5.97 Å². The molecule has 0 amide bonds. The minimum atomic E-state index is -0.468. The Labute approximate surface area is 116 Å². The zero-order valence-electron chi connectivity index (χ0n) is 11.6. The molecule has 4 nitrogen and oxygen atoms in total. The van der Waals surface area contributed by atoms with Gasteiger partial charge in [-0.25, -0.2) is 19.2 Å². The molecule has 0 saturated heterocycles. The molecule has 0 N–H and O–H groups in total. The average Bonchev–Trinajstić information content (AvgIpc) is 2.38. The number of hydrogen-bond acceptors (Lipinski definition) is 4. The Morgan fingerprint density at radius 1 is 1.20 bits per heavy atom. The summed E-state index contributed by atoms with van der Waals surface area (Å²) in [6.07, 6.45) is 0. The number of aromatic nitrogens is 2. The van der Waals surface area contributed by atoms with Crippen molar-refractivity contribution in [3.05, 3.63) is 47.2 Å². The van der Waals surface area contributed by atoms with E-state index in [1.165, 1.54) is 12.1 Å². The summed E-state index contributed by atoms with van der Waals surface area (Å²) in [4.78, 5) is 20.6. The Morgan fingerprint density at radius 3 is 2.45 bits per heavy atom. The summed E-state index contributed by atoms with van der Waals surface area (Å²) < 4.78 is 18.1. The second-order valence-corrected chi connectivity index (χ2v) is 4.31. The number of rotatable bonds is 3. The summed E-state index contributed by atoms with van der Waals surface area (Å²) in [7, 11) is 0. The van der Waals surface area contributed by atoms with E-state index in [9.17, 15) is 9.18 Å². The van der Waals surface area contributed by atoms with E-state index in [-0.39, 0.29) is 12.4 Å². The maximum absolute atomic E-state index is 13.0. The fraction of sp³-hybridized carbons (Fsp3) is 0.267. The average molecular weight is 274 g/mol. The third kappa shape index (κ3) is 2.82. The zero-order valence-corrected chi connectivity index (χ0v) is 11.6. The van der Waals surface area contributed by atoms with Gasteiger partial charge in [-0.3, -0.25) is 0 Å². The fourth-order valence-corrected chi connectivity index (χ4v) is 1.98. The highest BCUT2D eigenvalue weighted by Crippen LogP contribution is 2.24. The molecule has 1 aromatic heterocycles. The number of benzene rings is 1. The smallest absolute Gasteiger partial charge is 0.342 e. The van der Waals surface area contributed by atoms with Gasteiger partial charge in [-0.15, -0.1) is 0 Å². The molecular weight excluding hydrogens is 259 g/mol. The first-order valence-corrected chi connectivity index (χ1v) is 6.31. The van der Waals surface area contributed by atoms with Gasteiger partial charge in [-0.2, -0.15) is 0 Å². The van der Waals surface area contributed by atoms with E-state index < -0.39 is 5.97 Å². The van der Waals surface area contributed by atoms with Crippen LogP contribution in [0.5, 0.6) is 0 Å². The van der Waals surface area contributed by atoms with Gasteiger partial charge in [0.1, 0.15) is 17.2 Å². The summed E-state index contributed by atoms with van der Waals surface area (Å²) >= 11 is 0. The Kier molecular flexibility index (Phi) is 4.08. The second-order valence-electron chi connectivity index (χ2n) is 4.31. The summed E-state index contributed by atoms with van der Waals surface area (Å²) in [5.41, 5.74) is 2.00. The molecule has 0 spiro atoms. The topological polar surface area (TPSA) is 52.1 Å². The lowest BCUT2D eigenvalue weighted by Gasteiger charge is -2.11. The molecule has 0 atom stereocenters. The molecule has 0 bridgehead atoms. The highest BCUT2D eigenvalue weighted by atomic mass is 19.1. The van der Waals surface area contributed by atoms with E-state index >= 15 is 0 Å². The Morgan fingerprint density at radius 2 is 1.85 bits per heavy atom. The molecule has 1 heterocycles. The van der Waals surface area contributed by atoms with Crippen LogP contribution < -0.4 is 0 Å². The van der Waals surface area contributed by atoms with Gasteiger partial charge in [0, 0.05) is 5.56 Å². The zero-order chi connectivity index (χ0) is 14.7. The first-order valence-electron chi connectivity index (χ1n) is 6.31. The monoisotopic (exact) mass is 274 g/mol. The predicted molar refractivity (Wildman–Crippen MR) is 72.9 cm³/mol. The predicted octanol–water partition coefficient (Wildman–Crippen LogP) is 3.08. The third-order valence-electron chi connectivity index (χ3n) is 2.80. The molecule has 0 unspecified atom stereocenters. The Bertz CT molecular complexity index is 639. The van der Waals surface area contributed by atoms with Crippen molar-refractivity contribution in [2.24, 2.45) is 0 Å². The first-order chi connectivity index (χ1) is 9.52. The lowest BCUT2D eigenvalue weighted by atomic mass is 10.0. The van der Waals surface area contributed by atoms with Crippen LogP contribution >= 0.6 is 0 Å². The molecule has 0 aliphatic carbocycles. The Balaban J connectivity index is 2.61. The standard InChI is InChI=1S/C15H15FN2O2/c1-4-20-15(19)13-9(2)17-10(3)18-14(13)11-5-7-12(16)8-6-11/h5-8H,4H2,1-3H3. The molecule has 5 heteroatoms. The van der Waals surface area contributed by atoms with Gasteiger partial charge in [0.2, 0.25) is 0 Å². The maximum Gasteiger partial charge on any atom is 0.342 e. The molecule has 20 heavy (non-hydrogen) atoms. The van der Waals surface area contributed by atoms with Crippen LogP contribution in [0.15, 0.2) is 24.3 Å². The number of hydrogen-bond donors (Lipinski definition) is 0. The summed E-state index contributed by atoms with van der Waals surface area (Å²) in [5, 5.41) is 0. The van der Waals surface area contributed by atoms with Crippen molar-refractivity contribution in [3.8, 4) is 11.3 Å². The van der Waals surface area contributed by atoms with E-state index in [1.807, 2.05) is 0 Å². The number of aryl methyl sites for hydroxylation is 2. The van der Waals surface area contributed by atoms with Crippen LogP contribution in [0.3, 0.4) is 0 Å². The summed E-state index contributed by atoms with van der Waals surface area (Å²) in [6, 6.07) is 5.83. The molecule has 0 aliphatic heterocycles. The van der Waals surface area contributed by atoms with Gasteiger partial charge in [0.25, 0.3) is 0 Å². The molecule has 1 aromatic carbocycles. The van der Waals surface area contributed by atoms with Crippen LogP contribution in [0.4, 0.5) is 4.39 Å². The lowest BCUT2D eigenvalue weighted by Crippen LogP contribution is -2.12. The normalized spacial score (nSPS) is 10.4. The van der Waals surface area contributed by atoms with Crippen LogP contribution in [-0.2, 0) is 4.74 Å². The first kappa shape index (κ1) is 14.1. The molecule has 0 fully saturated rings. The van der Waals surface area contributed by atoms with E-state index in [0.717, 1.165) is 0 Å². The van der Waals surface area contributed by atoms with Gasteiger partial charge in [0.15, 0.2) is 0 Å². The van der Waals surface area contributed by atoms with Crippen LogP contribution in [0.1, 0.15) is 28.8 Å². The number of carbonyl (C=O) groups excluding carboxylic acids is 1. The van der Waals surface area contributed by atoms with Crippen molar-refractivity contribution >= 4 is 5.97 Å². The summed E-state index contributed by atoms with van der Waals surface area (Å²) in [6.45, 7) is 5.48. The number of halogens is 1. The second kappa shape index (κ2) is 5.77. The molecule has 0 aliphatic rings. The van der Waals surface area contributed by atoms with Crippen molar-refractivity contribution in [3.63, 3.8) is 0 Å². The third-order valence-corrected chi connectivity index (χ3v) is 2.80. The van der Waals surface area contributed by atoms with Crippen molar-refractivity contribution in [1.29, 1.82) is 0 Å². The quantitative estimate of drug-likeness (QED) is 0.807. The molecule has 0 radical (unpaired) electrons. The minimum absolute atomic E-state index is 0.273. The van der Waals surface area contributed by atoms with Crippen LogP contribution in [0, 0.1) is 19.7 Å². The van der Waals surface area contributed by atoms with Crippen molar-refractivity contribution < 1.29 is 13.9 Å². The van der Waals surface area contributed by atoms with E-state index in [2.05, 4.69) is 9.97 Å². The molecule has 0 saturated carbocycles. The molecule has 2 aromatic rings. The number of carbonyl (C=O) groups is 1. The maximum atomic E-state index is 13.0. The number of esters is 1. The van der Waals surface area contributed by atoms with Gasteiger partial charge in [0.05, 0.1) is 18.0 Å². The SMILES string of the molecule is CCOC(=O)c1c(C)nc(C)nc1-c1ccc(F)cc1. The van der Waals surface area contributed by atoms with Crippen LogP contribution in [-0.4, -0.2) is 22.5 Å². The van der Waals surface area contributed by atoms with Gasteiger partial charge in [-0.1, -0.05) is 0 Å². The molecule has 104 valence electrons. The van der Waals surface area contributed by atoms with Crippen molar-refractivity contribution in [2.75, 3.05) is 6.61 Å². The molecule has 2 rings (SSSR count). The minimum Gasteiger partial charge on any atom is -0.462 e. The van der Waals surface area contributed by atoms with E-state index in [1.54, 1.807) is 32.9 Å². The largest absolute Gasteiger partial charge is 0.462 e. The van der Waals surface area contributed by atoms with Gasteiger partial charge in [-0.05, 0) is 45.0 Å². The van der Waals surface area contributed by atoms with E-state index in [4.69, 9.17) is 4.74 Å². The van der Waals surface area contributed by atoms with Crippen molar-refractivity contribution in [2.45, 2.75) is 20.8 Å². The summed E-state index contributed by atoms with van der Waals surface area (Å²) in [5.74, 6) is -0.256. The number of ether oxygens (including phenoxy) is 1. The Hall–Kier alpha value is -2.30. The van der Waals surface area contributed by atoms with Crippen LogP contribution in [0.25, 0.3) is 11.3 Å². The van der Waals surface area contributed by atoms with E-state index in [0.29, 0.717) is 28.3 Å². The number of nitrogens with zero attached hydrogens (tertiary/aromatic N) is 2. The lowest BCUT2D eigenvalue weighted by molar-refractivity contribution is 0.0525.